The van der Waals surface area contributed by atoms with Crippen molar-refractivity contribution in [2.45, 2.75) is 20.4 Å². The molecule has 0 aliphatic rings. The molecule has 0 aliphatic heterocycles. The Morgan fingerprint density at radius 1 is 1.26 bits per heavy atom. The van der Waals surface area contributed by atoms with Crippen LogP contribution in [0.3, 0.4) is 0 Å². The second-order valence-corrected chi connectivity index (χ2v) is 5.80. The predicted molar refractivity (Wildman–Crippen MR) is 90.0 cm³/mol. The molecule has 6 heteroatoms. The van der Waals surface area contributed by atoms with Gasteiger partial charge in [0.15, 0.2) is 5.58 Å². The molecule has 3 rings (SSSR count). The Bertz CT molecular complexity index is 956. The van der Waals surface area contributed by atoms with Crippen LogP contribution in [0, 0.1) is 13.8 Å². The fraction of sp³-hybridized carbons (Fsp3) is 0.176. The maximum absolute atomic E-state index is 12.3. The molecule has 0 saturated heterocycles. The maximum Gasteiger partial charge on any atom is 0.420 e. The lowest BCUT2D eigenvalue weighted by molar-refractivity contribution is -0.116. The fourth-order valence-electron chi connectivity index (χ4n) is 2.41. The Kier molecular flexibility index (Phi) is 3.96. The van der Waals surface area contributed by atoms with Crippen LogP contribution in [0.1, 0.15) is 11.1 Å². The summed E-state index contributed by atoms with van der Waals surface area (Å²) in [6.07, 6.45) is 0. The Labute approximate surface area is 137 Å². The van der Waals surface area contributed by atoms with Crippen molar-refractivity contribution in [3.63, 3.8) is 0 Å². The molecule has 1 aromatic heterocycles. The van der Waals surface area contributed by atoms with E-state index in [4.69, 9.17) is 16.0 Å². The van der Waals surface area contributed by atoms with Crippen LogP contribution in [0.4, 0.5) is 5.69 Å². The van der Waals surface area contributed by atoms with Gasteiger partial charge in [-0.3, -0.25) is 9.36 Å². The molecule has 5 nitrogen and oxygen atoms in total. The molecule has 1 N–H and O–H groups in total. The van der Waals surface area contributed by atoms with Crippen LogP contribution in [0.5, 0.6) is 0 Å². The average molecular weight is 331 g/mol. The fourth-order valence-corrected chi connectivity index (χ4v) is 2.57. The van der Waals surface area contributed by atoms with Gasteiger partial charge in [0.05, 0.1) is 5.52 Å². The van der Waals surface area contributed by atoms with Gasteiger partial charge in [0.25, 0.3) is 0 Å². The van der Waals surface area contributed by atoms with Gasteiger partial charge < -0.3 is 9.73 Å². The molecule has 0 radical (unpaired) electrons. The largest absolute Gasteiger partial charge is 0.420 e. The average Bonchev–Trinajstić information content (AvgIpc) is 2.79. The smallest absolute Gasteiger partial charge is 0.408 e. The van der Waals surface area contributed by atoms with E-state index in [9.17, 15) is 9.59 Å². The maximum atomic E-state index is 12.3. The van der Waals surface area contributed by atoms with Crippen molar-refractivity contribution in [2.75, 3.05) is 5.32 Å². The molecule has 0 fully saturated rings. The second-order valence-electron chi connectivity index (χ2n) is 5.36. The van der Waals surface area contributed by atoms with Gasteiger partial charge in [-0.15, -0.1) is 0 Å². The molecule has 3 aromatic rings. The zero-order chi connectivity index (χ0) is 16.6. The molecule has 1 heterocycles. The van der Waals surface area contributed by atoms with E-state index in [0.29, 0.717) is 16.1 Å². The Hall–Kier alpha value is -2.53. The number of oxazole rings is 1. The van der Waals surface area contributed by atoms with E-state index in [1.807, 2.05) is 32.0 Å². The highest BCUT2D eigenvalue weighted by molar-refractivity contribution is 6.31. The zero-order valence-corrected chi connectivity index (χ0v) is 13.5. The van der Waals surface area contributed by atoms with Crippen molar-refractivity contribution in [1.82, 2.24) is 4.57 Å². The summed E-state index contributed by atoms with van der Waals surface area (Å²) in [6, 6.07) is 10.5. The van der Waals surface area contributed by atoms with Crippen LogP contribution in [0.25, 0.3) is 11.1 Å². The lowest BCUT2D eigenvalue weighted by atomic mass is 10.1. The van der Waals surface area contributed by atoms with Crippen molar-refractivity contribution in [3.05, 3.63) is 63.1 Å². The summed E-state index contributed by atoms with van der Waals surface area (Å²) in [4.78, 5) is 24.2. The molecule has 0 bridgehead atoms. The van der Waals surface area contributed by atoms with Crippen molar-refractivity contribution in [3.8, 4) is 0 Å². The molecular weight excluding hydrogens is 316 g/mol. The molecule has 0 aliphatic carbocycles. The van der Waals surface area contributed by atoms with E-state index >= 15 is 0 Å². The molecule has 2 aromatic carbocycles. The Morgan fingerprint density at radius 2 is 2.04 bits per heavy atom. The molecule has 118 valence electrons. The van der Waals surface area contributed by atoms with Crippen LogP contribution >= 0.6 is 11.6 Å². The number of carbonyl (C=O) groups is 1. The predicted octanol–water partition coefficient (Wildman–Crippen LogP) is 3.50. The highest BCUT2D eigenvalue weighted by atomic mass is 35.5. The highest BCUT2D eigenvalue weighted by Crippen LogP contribution is 2.20. The zero-order valence-electron chi connectivity index (χ0n) is 12.7. The minimum absolute atomic E-state index is 0.124. The van der Waals surface area contributed by atoms with Gasteiger partial charge in [-0.05, 0) is 43.2 Å². The molecule has 23 heavy (non-hydrogen) atoms. The van der Waals surface area contributed by atoms with Gasteiger partial charge in [0, 0.05) is 16.8 Å². The summed E-state index contributed by atoms with van der Waals surface area (Å²) in [5.41, 5.74) is 3.72. The van der Waals surface area contributed by atoms with Crippen LogP contribution in [-0.4, -0.2) is 10.5 Å². The van der Waals surface area contributed by atoms with Gasteiger partial charge in [-0.1, -0.05) is 23.7 Å². The number of halogens is 1. The van der Waals surface area contributed by atoms with Crippen LogP contribution in [0.15, 0.2) is 45.6 Å². The Balaban J connectivity index is 1.87. The number of rotatable bonds is 3. The molecule has 0 atom stereocenters. The minimum atomic E-state index is -0.585. The third-order valence-electron chi connectivity index (χ3n) is 3.81. The summed E-state index contributed by atoms with van der Waals surface area (Å²) in [5.74, 6) is -0.878. The summed E-state index contributed by atoms with van der Waals surface area (Å²) in [5, 5.41) is 3.30. The first kappa shape index (κ1) is 15.4. The number of hydrogen-bond acceptors (Lipinski definition) is 3. The number of nitrogens with one attached hydrogen (secondary N) is 1. The first-order valence-corrected chi connectivity index (χ1v) is 7.48. The van der Waals surface area contributed by atoms with E-state index in [2.05, 4.69) is 5.32 Å². The summed E-state index contributed by atoms with van der Waals surface area (Å²) in [6.45, 7) is 3.79. The summed E-state index contributed by atoms with van der Waals surface area (Å²) in [7, 11) is 0. The van der Waals surface area contributed by atoms with Gasteiger partial charge in [0.2, 0.25) is 5.91 Å². The second kappa shape index (κ2) is 5.93. The number of benzene rings is 2. The van der Waals surface area contributed by atoms with E-state index in [-0.39, 0.29) is 12.5 Å². The first-order valence-electron chi connectivity index (χ1n) is 7.10. The molecule has 0 spiro atoms. The SMILES string of the molecule is Cc1cccc(NC(=O)Cn2c(=O)oc3cc(Cl)ccc32)c1C. The normalized spacial score (nSPS) is 10.9. The van der Waals surface area contributed by atoms with E-state index in [1.54, 1.807) is 18.2 Å². The number of anilines is 1. The Morgan fingerprint density at radius 3 is 2.83 bits per heavy atom. The number of carbonyl (C=O) groups excluding carboxylic acids is 1. The summed E-state index contributed by atoms with van der Waals surface area (Å²) < 4.78 is 6.40. The van der Waals surface area contributed by atoms with Crippen LogP contribution in [0.2, 0.25) is 5.02 Å². The number of amides is 1. The van der Waals surface area contributed by atoms with E-state index in [1.165, 1.54) is 4.57 Å². The topological polar surface area (TPSA) is 64.2 Å². The lowest BCUT2D eigenvalue weighted by Gasteiger charge is -2.10. The lowest BCUT2D eigenvalue weighted by Crippen LogP contribution is -2.25. The van der Waals surface area contributed by atoms with E-state index < -0.39 is 5.76 Å². The third kappa shape index (κ3) is 3.00. The number of nitrogens with zero attached hydrogens (tertiary/aromatic N) is 1. The quantitative estimate of drug-likeness (QED) is 0.799. The van der Waals surface area contributed by atoms with Crippen molar-refractivity contribution >= 4 is 34.3 Å². The molecular formula is C17H15ClN2O3. The monoisotopic (exact) mass is 330 g/mol. The molecule has 0 unspecified atom stereocenters. The van der Waals surface area contributed by atoms with Crippen molar-refractivity contribution < 1.29 is 9.21 Å². The highest BCUT2D eigenvalue weighted by Gasteiger charge is 2.14. The van der Waals surface area contributed by atoms with Crippen molar-refractivity contribution in [1.29, 1.82) is 0 Å². The minimum Gasteiger partial charge on any atom is -0.408 e. The number of aryl methyl sites for hydroxylation is 1. The summed E-state index contributed by atoms with van der Waals surface area (Å²) >= 11 is 5.87. The van der Waals surface area contributed by atoms with E-state index in [0.717, 1.165) is 16.8 Å². The molecule has 0 saturated carbocycles. The van der Waals surface area contributed by atoms with Gasteiger partial charge in [-0.2, -0.15) is 0 Å². The third-order valence-corrected chi connectivity index (χ3v) is 4.05. The van der Waals surface area contributed by atoms with Crippen LogP contribution < -0.4 is 11.1 Å². The van der Waals surface area contributed by atoms with Gasteiger partial charge >= 0.3 is 5.76 Å². The molecule has 1 amide bonds. The standard InChI is InChI=1S/C17H15ClN2O3/c1-10-4-3-5-13(11(10)2)19-16(21)9-20-14-7-6-12(18)8-15(14)23-17(20)22/h3-8H,9H2,1-2H3,(H,19,21). The van der Waals surface area contributed by atoms with Gasteiger partial charge in [-0.25, -0.2) is 4.79 Å². The van der Waals surface area contributed by atoms with Crippen LogP contribution in [-0.2, 0) is 11.3 Å². The van der Waals surface area contributed by atoms with Gasteiger partial charge in [0.1, 0.15) is 6.54 Å². The van der Waals surface area contributed by atoms with Crippen molar-refractivity contribution in [2.24, 2.45) is 0 Å². The number of aromatic nitrogens is 1. The number of fused-ring (bicyclic) bond motifs is 1. The first-order chi connectivity index (χ1) is 11.0. The number of hydrogen-bond donors (Lipinski definition) is 1.